The minimum absolute atomic E-state index is 0.113. The molecule has 2 N–H and O–H groups in total. The monoisotopic (exact) mass is 438 g/mol. The molecule has 2 aromatic rings. The van der Waals surface area contributed by atoms with Crippen LogP contribution in [-0.2, 0) is 17.9 Å². The molecule has 2 aliphatic rings. The number of nitrogens with one attached hydrogen (secondary N) is 2. The van der Waals surface area contributed by atoms with E-state index in [0.29, 0.717) is 48.5 Å². The predicted molar refractivity (Wildman–Crippen MR) is 105 cm³/mol. The second-order valence-corrected chi connectivity index (χ2v) is 8.16. The quantitative estimate of drug-likeness (QED) is 0.762. The van der Waals surface area contributed by atoms with Crippen LogP contribution < -0.4 is 5.32 Å². The van der Waals surface area contributed by atoms with Gasteiger partial charge in [-0.2, -0.15) is 0 Å². The summed E-state index contributed by atoms with van der Waals surface area (Å²) in [4.78, 5) is 28.2. The van der Waals surface area contributed by atoms with Crippen LogP contribution in [0.3, 0.4) is 0 Å². The normalized spacial score (nSPS) is 20.6. The number of halogens is 2. The Labute approximate surface area is 177 Å². The molecule has 1 aromatic carbocycles. The Bertz CT molecular complexity index is 859. The first-order valence-electron chi connectivity index (χ1n) is 9.22. The molecule has 2 saturated heterocycles. The first-order valence-corrected chi connectivity index (χ1v) is 9.98. The number of carbonyl (C=O) groups is 2. The van der Waals surface area contributed by atoms with Crippen LogP contribution in [0.25, 0.3) is 0 Å². The third-order valence-corrected chi connectivity index (χ3v) is 5.64. The lowest BCUT2D eigenvalue weighted by Crippen LogP contribution is -2.40. The zero-order valence-corrected chi connectivity index (χ0v) is 17.0. The smallest absolute Gasteiger partial charge is 0.410 e. The molecule has 3 amide bonds. The van der Waals surface area contributed by atoms with Crippen molar-refractivity contribution in [3.8, 4) is 0 Å². The fourth-order valence-electron chi connectivity index (χ4n) is 3.83. The summed E-state index contributed by atoms with van der Waals surface area (Å²) < 4.78 is 5.40. The Balaban J connectivity index is 1.23. The molecule has 0 spiro atoms. The molecule has 3 heterocycles. The molecule has 11 heteroatoms. The number of urea groups is 1. The zero-order valence-electron chi connectivity index (χ0n) is 15.5. The highest BCUT2D eigenvalue weighted by atomic mass is 35.5. The number of hydrogen-bond donors (Lipinski definition) is 2. The molecule has 2 aliphatic heterocycles. The summed E-state index contributed by atoms with van der Waals surface area (Å²) in [6.45, 7) is 2.82. The molecule has 0 bridgehead atoms. The standard InChI is InChI=1S/C18H20Cl2N6O3/c19-14-1-11(2-15(20)3-14)10-29-18(28)26-8-12-6-25(7-13(12)9-26)17(27)21-4-16-5-22-24-23-16/h1-3,5,12-13H,4,6-10H2,(H,21,27)(H,22,23,24)/t12-,13+. The van der Waals surface area contributed by atoms with Gasteiger partial charge in [0.15, 0.2) is 0 Å². The summed E-state index contributed by atoms with van der Waals surface area (Å²) in [5, 5.41) is 13.9. The minimum Gasteiger partial charge on any atom is -0.445 e. The van der Waals surface area contributed by atoms with E-state index in [1.165, 1.54) is 0 Å². The van der Waals surface area contributed by atoms with Crippen LogP contribution in [0.5, 0.6) is 0 Å². The van der Waals surface area contributed by atoms with Gasteiger partial charge in [-0.3, -0.25) is 5.10 Å². The van der Waals surface area contributed by atoms with Crippen LogP contribution in [-0.4, -0.2) is 63.5 Å². The molecule has 0 radical (unpaired) electrons. The van der Waals surface area contributed by atoms with Gasteiger partial charge in [-0.05, 0) is 23.8 Å². The fraction of sp³-hybridized carbons (Fsp3) is 0.444. The lowest BCUT2D eigenvalue weighted by molar-refractivity contribution is 0.100. The van der Waals surface area contributed by atoms with Crippen molar-refractivity contribution in [2.24, 2.45) is 11.8 Å². The largest absolute Gasteiger partial charge is 0.445 e. The molecule has 4 rings (SSSR count). The van der Waals surface area contributed by atoms with Crippen molar-refractivity contribution in [2.75, 3.05) is 26.2 Å². The first-order chi connectivity index (χ1) is 14.0. The molecule has 29 heavy (non-hydrogen) atoms. The van der Waals surface area contributed by atoms with Crippen molar-refractivity contribution in [3.63, 3.8) is 0 Å². The summed E-state index contributed by atoms with van der Waals surface area (Å²) >= 11 is 11.9. The molecular weight excluding hydrogens is 419 g/mol. The van der Waals surface area contributed by atoms with E-state index in [0.717, 1.165) is 5.56 Å². The fourth-order valence-corrected chi connectivity index (χ4v) is 4.40. The number of H-pyrrole nitrogens is 1. The number of likely N-dealkylation sites (tertiary alicyclic amines) is 2. The molecule has 0 saturated carbocycles. The second kappa shape index (κ2) is 8.46. The average molecular weight is 439 g/mol. The van der Waals surface area contributed by atoms with Gasteiger partial charge in [0, 0.05) is 54.3 Å². The van der Waals surface area contributed by atoms with Crippen LogP contribution in [0.2, 0.25) is 10.0 Å². The molecule has 1 aromatic heterocycles. The number of aromatic nitrogens is 3. The summed E-state index contributed by atoms with van der Waals surface area (Å²) in [6, 6.07) is 4.93. The van der Waals surface area contributed by atoms with Gasteiger partial charge in [-0.25, -0.2) is 9.59 Å². The van der Waals surface area contributed by atoms with Crippen molar-refractivity contribution in [1.82, 2.24) is 30.5 Å². The Morgan fingerprint density at radius 1 is 1.10 bits per heavy atom. The average Bonchev–Trinajstić information content (AvgIpc) is 3.39. The van der Waals surface area contributed by atoms with Gasteiger partial charge in [0.25, 0.3) is 0 Å². The minimum atomic E-state index is -0.363. The highest BCUT2D eigenvalue weighted by Crippen LogP contribution is 2.31. The number of aromatic amines is 1. The van der Waals surface area contributed by atoms with Gasteiger partial charge in [0.05, 0.1) is 6.54 Å². The van der Waals surface area contributed by atoms with Crippen LogP contribution in [0.4, 0.5) is 9.59 Å². The third-order valence-electron chi connectivity index (χ3n) is 5.20. The molecule has 9 nitrogen and oxygen atoms in total. The maximum atomic E-state index is 12.4. The summed E-state index contributed by atoms with van der Waals surface area (Å²) in [6.07, 6.45) is 1.28. The van der Waals surface area contributed by atoms with Gasteiger partial charge in [0.2, 0.25) is 0 Å². The number of hydrogen-bond acceptors (Lipinski definition) is 5. The first kappa shape index (κ1) is 19.8. The van der Waals surface area contributed by atoms with Gasteiger partial charge in [-0.1, -0.05) is 28.4 Å². The van der Waals surface area contributed by atoms with Crippen molar-refractivity contribution >= 4 is 35.3 Å². The Kier molecular flexibility index (Phi) is 5.77. The molecular formula is C18H20Cl2N6O3. The SMILES string of the molecule is O=C(NCc1c[nH]nn1)N1C[C@@H]2CN(C(=O)OCc3cc(Cl)cc(Cl)c3)C[C@@H]2C1. The van der Waals surface area contributed by atoms with Crippen molar-refractivity contribution in [2.45, 2.75) is 13.2 Å². The van der Waals surface area contributed by atoms with Gasteiger partial charge in [0.1, 0.15) is 12.3 Å². The third kappa shape index (κ3) is 4.73. The number of nitrogens with zero attached hydrogens (tertiary/aromatic N) is 4. The Morgan fingerprint density at radius 3 is 2.38 bits per heavy atom. The predicted octanol–water partition coefficient (Wildman–Crippen LogP) is 2.52. The van der Waals surface area contributed by atoms with E-state index in [2.05, 4.69) is 20.7 Å². The van der Waals surface area contributed by atoms with E-state index in [1.807, 2.05) is 0 Å². The Morgan fingerprint density at radius 2 is 1.76 bits per heavy atom. The topological polar surface area (TPSA) is 103 Å². The number of rotatable bonds is 4. The summed E-state index contributed by atoms with van der Waals surface area (Å²) in [5.74, 6) is 0.502. The number of amides is 3. The summed E-state index contributed by atoms with van der Waals surface area (Å²) in [5.41, 5.74) is 1.41. The molecule has 154 valence electrons. The molecule has 2 atom stereocenters. The molecule has 0 aliphatic carbocycles. The molecule has 2 fully saturated rings. The number of carbonyl (C=O) groups excluding carboxylic acids is 2. The number of benzene rings is 1. The van der Waals surface area contributed by atoms with E-state index in [-0.39, 0.29) is 30.6 Å². The van der Waals surface area contributed by atoms with E-state index in [1.54, 1.807) is 34.2 Å². The molecule has 0 unspecified atom stereocenters. The van der Waals surface area contributed by atoms with Crippen LogP contribution in [0.15, 0.2) is 24.4 Å². The van der Waals surface area contributed by atoms with Crippen molar-refractivity contribution < 1.29 is 14.3 Å². The highest BCUT2D eigenvalue weighted by Gasteiger charge is 2.43. The lowest BCUT2D eigenvalue weighted by Gasteiger charge is -2.21. The second-order valence-electron chi connectivity index (χ2n) is 7.29. The van der Waals surface area contributed by atoms with Gasteiger partial charge >= 0.3 is 12.1 Å². The highest BCUT2D eigenvalue weighted by molar-refractivity contribution is 6.34. The van der Waals surface area contributed by atoms with Crippen LogP contribution in [0, 0.1) is 11.8 Å². The number of ether oxygens (including phenoxy) is 1. The maximum Gasteiger partial charge on any atom is 0.410 e. The maximum absolute atomic E-state index is 12.4. The van der Waals surface area contributed by atoms with Crippen LogP contribution >= 0.6 is 23.2 Å². The van der Waals surface area contributed by atoms with Gasteiger partial charge < -0.3 is 19.9 Å². The Hall–Kier alpha value is -2.52. The van der Waals surface area contributed by atoms with E-state index >= 15 is 0 Å². The lowest BCUT2D eigenvalue weighted by atomic mass is 10.0. The van der Waals surface area contributed by atoms with Crippen molar-refractivity contribution in [1.29, 1.82) is 0 Å². The number of fused-ring (bicyclic) bond motifs is 1. The van der Waals surface area contributed by atoms with Gasteiger partial charge in [-0.15, -0.1) is 5.10 Å². The summed E-state index contributed by atoms with van der Waals surface area (Å²) in [7, 11) is 0. The zero-order chi connectivity index (χ0) is 20.4. The van der Waals surface area contributed by atoms with Crippen molar-refractivity contribution in [3.05, 3.63) is 45.7 Å². The van der Waals surface area contributed by atoms with E-state index in [4.69, 9.17) is 27.9 Å². The van der Waals surface area contributed by atoms with E-state index in [9.17, 15) is 9.59 Å². The van der Waals surface area contributed by atoms with Crippen LogP contribution in [0.1, 0.15) is 11.3 Å². The van der Waals surface area contributed by atoms with E-state index < -0.39 is 0 Å².